The molecular formula is C13H19F3N2O. The third-order valence-electron chi connectivity index (χ3n) is 2.90. The standard InChI is InChI=1S/C13H19F3N2O/c1-4-11(18(2)3)8-19-12-6-9(13(14,15)16)5-10(17)7-12/h5-7,11H,4,8,17H2,1-3H3. The lowest BCUT2D eigenvalue weighted by atomic mass is 10.2. The van der Waals surface area contributed by atoms with E-state index in [1.54, 1.807) is 0 Å². The lowest BCUT2D eigenvalue weighted by Crippen LogP contribution is -2.32. The molecule has 0 spiro atoms. The first kappa shape index (κ1) is 15.6. The molecule has 108 valence electrons. The topological polar surface area (TPSA) is 38.5 Å². The number of benzene rings is 1. The van der Waals surface area contributed by atoms with Gasteiger partial charge < -0.3 is 15.4 Å². The van der Waals surface area contributed by atoms with E-state index in [1.165, 1.54) is 6.07 Å². The van der Waals surface area contributed by atoms with E-state index < -0.39 is 11.7 Å². The van der Waals surface area contributed by atoms with Gasteiger partial charge in [0.2, 0.25) is 0 Å². The fourth-order valence-corrected chi connectivity index (χ4v) is 1.69. The van der Waals surface area contributed by atoms with Crippen molar-refractivity contribution in [2.24, 2.45) is 0 Å². The summed E-state index contributed by atoms with van der Waals surface area (Å²) in [5.41, 5.74) is 4.72. The van der Waals surface area contributed by atoms with Crippen molar-refractivity contribution in [1.29, 1.82) is 0 Å². The van der Waals surface area contributed by atoms with Gasteiger partial charge in [-0.1, -0.05) is 6.92 Å². The third-order valence-corrected chi connectivity index (χ3v) is 2.90. The largest absolute Gasteiger partial charge is 0.492 e. The summed E-state index contributed by atoms with van der Waals surface area (Å²) in [5.74, 6) is 0.146. The molecule has 19 heavy (non-hydrogen) atoms. The highest BCUT2D eigenvalue weighted by molar-refractivity contribution is 5.48. The summed E-state index contributed by atoms with van der Waals surface area (Å²) in [7, 11) is 3.80. The normalized spacial score (nSPS) is 13.6. The van der Waals surface area contributed by atoms with Gasteiger partial charge in [-0.05, 0) is 32.6 Å². The molecule has 0 saturated heterocycles. The van der Waals surface area contributed by atoms with Gasteiger partial charge in [0, 0.05) is 17.8 Å². The number of likely N-dealkylation sites (N-methyl/N-ethyl adjacent to an activating group) is 1. The summed E-state index contributed by atoms with van der Waals surface area (Å²) in [5, 5.41) is 0. The van der Waals surface area contributed by atoms with Gasteiger partial charge in [-0.2, -0.15) is 13.2 Å². The Morgan fingerprint density at radius 1 is 1.26 bits per heavy atom. The molecular weight excluding hydrogens is 257 g/mol. The van der Waals surface area contributed by atoms with Crippen LogP contribution in [-0.4, -0.2) is 31.6 Å². The second-order valence-electron chi connectivity index (χ2n) is 4.63. The van der Waals surface area contributed by atoms with Gasteiger partial charge in [0.05, 0.1) is 5.56 Å². The van der Waals surface area contributed by atoms with Crippen LogP contribution in [0.4, 0.5) is 18.9 Å². The van der Waals surface area contributed by atoms with E-state index in [4.69, 9.17) is 10.5 Å². The molecule has 0 heterocycles. The lowest BCUT2D eigenvalue weighted by molar-refractivity contribution is -0.137. The van der Waals surface area contributed by atoms with Gasteiger partial charge in [-0.25, -0.2) is 0 Å². The summed E-state index contributed by atoms with van der Waals surface area (Å²) >= 11 is 0. The van der Waals surface area contributed by atoms with E-state index in [0.717, 1.165) is 18.6 Å². The maximum atomic E-state index is 12.6. The molecule has 0 aliphatic carbocycles. The predicted octanol–water partition coefficient (Wildman–Crippen LogP) is 3.01. The van der Waals surface area contributed by atoms with Crippen molar-refractivity contribution in [3.05, 3.63) is 23.8 Å². The zero-order valence-electron chi connectivity index (χ0n) is 11.3. The quantitative estimate of drug-likeness (QED) is 0.840. The highest BCUT2D eigenvalue weighted by Gasteiger charge is 2.31. The number of nitrogens with two attached hydrogens (primary N) is 1. The molecule has 2 N–H and O–H groups in total. The van der Waals surface area contributed by atoms with E-state index in [2.05, 4.69) is 0 Å². The molecule has 1 atom stereocenters. The molecule has 0 bridgehead atoms. The summed E-state index contributed by atoms with van der Waals surface area (Å²) < 4.78 is 43.3. The number of halogens is 3. The minimum atomic E-state index is -4.42. The third kappa shape index (κ3) is 4.63. The van der Waals surface area contributed by atoms with Crippen LogP contribution in [0.1, 0.15) is 18.9 Å². The SMILES string of the molecule is CCC(COc1cc(N)cc(C(F)(F)F)c1)N(C)C. The number of nitrogen functional groups attached to an aromatic ring is 1. The van der Waals surface area contributed by atoms with Gasteiger partial charge in [0.15, 0.2) is 0 Å². The predicted molar refractivity (Wildman–Crippen MR) is 69.1 cm³/mol. The summed E-state index contributed by atoms with van der Waals surface area (Å²) in [4.78, 5) is 1.97. The first-order valence-corrected chi connectivity index (χ1v) is 6.01. The first-order chi connectivity index (χ1) is 8.74. The van der Waals surface area contributed by atoms with Crippen molar-refractivity contribution >= 4 is 5.69 Å². The highest BCUT2D eigenvalue weighted by Crippen LogP contribution is 2.33. The average Bonchev–Trinajstić information content (AvgIpc) is 2.27. The Morgan fingerprint density at radius 2 is 1.89 bits per heavy atom. The summed E-state index contributed by atoms with van der Waals surface area (Å²) in [6.07, 6.45) is -3.57. The molecule has 0 amide bonds. The first-order valence-electron chi connectivity index (χ1n) is 6.01. The van der Waals surface area contributed by atoms with E-state index in [-0.39, 0.29) is 17.5 Å². The number of ether oxygens (including phenoxy) is 1. The van der Waals surface area contributed by atoms with Crippen LogP contribution < -0.4 is 10.5 Å². The molecule has 0 radical (unpaired) electrons. The minimum absolute atomic E-state index is 0.0442. The molecule has 0 fully saturated rings. The van der Waals surface area contributed by atoms with Gasteiger partial charge >= 0.3 is 6.18 Å². The van der Waals surface area contributed by atoms with E-state index in [9.17, 15) is 13.2 Å². The molecule has 1 aromatic carbocycles. The van der Waals surface area contributed by atoms with Crippen LogP contribution in [0, 0.1) is 0 Å². The van der Waals surface area contributed by atoms with Crippen LogP contribution in [0.15, 0.2) is 18.2 Å². The Kier molecular flexibility index (Phi) is 5.05. The Balaban J connectivity index is 2.82. The maximum Gasteiger partial charge on any atom is 0.416 e. The molecule has 1 aromatic rings. The van der Waals surface area contributed by atoms with Crippen LogP contribution in [0.5, 0.6) is 5.75 Å². The fourth-order valence-electron chi connectivity index (χ4n) is 1.69. The Hall–Kier alpha value is -1.43. The Bertz CT molecular complexity index is 419. The van der Waals surface area contributed by atoms with Crippen molar-refractivity contribution in [2.45, 2.75) is 25.6 Å². The average molecular weight is 276 g/mol. The molecule has 1 rings (SSSR count). The number of rotatable bonds is 5. The van der Waals surface area contributed by atoms with Crippen LogP contribution in [0.3, 0.4) is 0 Å². The molecule has 1 unspecified atom stereocenters. The van der Waals surface area contributed by atoms with Crippen LogP contribution in [0.25, 0.3) is 0 Å². The Labute approximate surface area is 111 Å². The van der Waals surface area contributed by atoms with Crippen molar-refractivity contribution in [2.75, 3.05) is 26.4 Å². The molecule has 0 aliphatic rings. The number of hydrogen-bond donors (Lipinski definition) is 1. The Morgan fingerprint density at radius 3 is 2.37 bits per heavy atom. The molecule has 6 heteroatoms. The van der Waals surface area contributed by atoms with Gasteiger partial charge in [-0.15, -0.1) is 0 Å². The molecule has 3 nitrogen and oxygen atoms in total. The summed E-state index contributed by atoms with van der Waals surface area (Å²) in [6.45, 7) is 2.32. The molecule has 0 saturated carbocycles. The highest BCUT2D eigenvalue weighted by atomic mass is 19.4. The van der Waals surface area contributed by atoms with E-state index >= 15 is 0 Å². The molecule has 0 aliphatic heterocycles. The smallest absolute Gasteiger partial charge is 0.416 e. The monoisotopic (exact) mass is 276 g/mol. The molecule has 0 aromatic heterocycles. The zero-order valence-corrected chi connectivity index (χ0v) is 11.3. The van der Waals surface area contributed by atoms with Crippen molar-refractivity contribution in [3.8, 4) is 5.75 Å². The summed E-state index contributed by atoms with van der Waals surface area (Å²) in [6, 6.07) is 3.42. The van der Waals surface area contributed by atoms with Gasteiger partial charge in [-0.3, -0.25) is 0 Å². The van der Waals surface area contributed by atoms with E-state index in [0.29, 0.717) is 6.61 Å². The number of hydrogen-bond acceptors (Lipinski definition) is 3. The zero-order chi connectivity index (χ0) is 14.6. The fraction of sp³-hybridized carbons (Fsp3) is 0.538. The van der Waals surface area contributed by atoms with E-state index in [1.807, 2.05) is 25.9 Å². The van der Waals surface area contributed by atoms with Crippen LogP contribution >= 0.6 is 0 Å². The van der Waals surface area contributed by atoms with Crippen molar-refractivity contribution < 1.29 is 17.9 Å². The van der Waals surface area contributed by atoms with Gasteiger partial charge in [0.1, 0.15) is 12.4 Å². The lowest BCUT2D eigenvalue weighted by Gasteiger charge is -2.23. The number of nitrogens with zero attached hydrogens (tertiary/aromatic N) is 1. The second-order valence-corrected chi connectivity index (χ2v) is 4.63. The van der Waals surface area contributed by atoms with Crippen LogP contribution in [0.2, 0.25) is 0 Å². The van der Waals surface area contributed by atoms with Crippen LogP contribution in [-0.2, 0) is 6.18 Å². The number of alkyl halides is 3. The van der Waals surface area contributed by atoms with Crippen molar-refractivity contribution in [1.82, 2.24) is 4.90 Å². The maximum absolute atomic E-state index is 12.6. The number of anilines is 1. The minimum Gasteiger partial charge on any atom is -0.492 e. The second kappa shape index (κ2) is 6.14. The van der Waals surface area contributed by atoms with Crippen molar-refractivity contribution in [3.63, 3.8) is 0 Å². The van der Waals surface area contributed by atoms with Gasteiger partial charge in [0.25, 0.3) is 0 Å².